The number of hydrogen-bond acceptors (Lipinski definition) is 4. The molecule has 0 heterocycles. The Balaban J connectivity index is 2.79. The molecule has 3 N–H and O–H groups in total. The van der Waals surface area contributed by atoms with E-state index < -0.39 is 0 Å². The van der Waals surface area contributed by atoms with E-state index in [1.54, 1.807) is 14.2 Å². The van der Waals surface area contributed by atoms with E-state index in [1.165, 1.54) is 0 Å². The molecule has 0 aliphatic heterocycles. The lowest BCUT2D eigenvalue weighted by Crippen LogP contribution is -2.46. The van der Waals surface area contributed by atoms with Crippen molar-refractivity contribution in [2.45, 2.75) is 25.2 Å². The maximum atomic E-state index is 6.13. The molecule has 1 aromatic rings. The van der Waals surface area contributed by atoms with Crippen LogP contribution in [0.5, 0.6) is 0 Å². The third-order valence-corrected chi connectivity index (χ3v) is 3.23. The first-order chi connectivity index (χ1) is 8.54. The highest BCUT2D eigenvalue weighted by Crippen LogP contribution is 2.26. The van der Waals surface area contributed by atoms with Gasteiger partial charge >= 0.3 is 0 Å². The second kappa shape index (κ2) is 6.95. The van der Waals surface area contributed by atoms with Crippen LogP contribution < -0.4 is 11.1 Å². The quantitative estimate of drug-likeness (QED) is 0.749. The van der Waals surface area contributed by atoms with Gasteiger partial charge in [0.15, 0.2) is 6.29 Å². The molecule has 0 aromatic heterocycles. The zero-order valence-electron chi connectivity index (χ0n) is 11.1. The third kappa shape index (κ3) is 4.14. The molecule has 0 radical (unpaired) electrons. The van der Waals surface area contributed by atoms with Gasteiger partial charge in [-0.3, -0.25) is 0 Å². The molecule has 102 valence electrons. The van der Waals surface area contributed by atoms with Gasteiger partial charge < -0.3 is 20.5 Å². The molecule has 0 fully saturated rings. The summed E-state index contributed by atoms with van der Waals surface area (Å²) in [6.45, 7) is 2.46. The molecular formula is C13H21ClN2O2. The van der Waals surface area contributed by atoms with E-state index in [0.29, 0.717) is 18.0 Å². The minimum absolute atomic E-state index is 0.298. The van der Waals surface area contributed by atoms with Gasteiger partial charge in [-0.1, -0.05) is 23.7 Å². The van der Waals surface area contributed by atoms with Gasteiger partial charge in [0.25, 0.3) is 0 Å². The summed E-state index contributed by atoms with van der Waals surface area (Å²) in [4.78, 5) is 0. The molecule has 5 heteroatoms. The molecular weight excluding hydrogens is 252 g/mol. The average Bonchev–Trinajstić information content (AvgIpc) is 2.39. The standard InChI is InChI=1S/C13H21ClN2O2/c1-13(9-15,8-12(17-2)18-3)16-11-7-5-4-6-10(11)14/h4-7,12,16H,8-9,15H2,1-3H3. The van der Waals surface area contributed by atoms with Crippen molar-refractivity contribution >= 4 is 17.3 Å². The summed E-state index contributed by atoms with van der Waals surface area (Å²) in [6.07, 6.45) is 0.329. The van der Waals surface area contributed by atoms with Crippen molar-refractivity contribution in [3.05, 3.63) is 29.3 Å². The predicted octanol–water partition coefficient (Wildman–Crippen LogP) is 2.48. The van der Waals surface area contributed by atoms with Gasteiger partial charge in [0.05, 0.1) is 16.2 Å². The van der Waals surface area contributed by atoms with E-state index in [0.717, 1.165) is 5.69 Å². The van der Waals surface area contributed by atoms with Crippen molar-refractivity contribution in [2.24, 2.45) is 5.73 Å². The number of nitrogens with two attached hydrogens (primary N) is 1. The van der Waals surface area contributed by atoms with Crippen molar-refractivity contribution in [3.63, 3.8) is 0 Å². The van der Waals surface area contributed by atoms with Crippen molar-refractivity contribution in [1.29, 1.82) is 0 Å². The lowest BCUT2D eigenvalue weighted by Gasteiger charge is -2.33. The molecule has 4 nitrogen and oxygen atoms in total. The van der Waals surface area contributed by atoms with Crippen LogP contribution in [0.4, 0.5) is 5.69 Å². The van der Waals surface area contributed by atoms with Crippen molar-refractivity contribution < 1.29 is 9.47 Å². The zero-order valence-corrected chi connectivity index (χ0v) is 11.8. The molecule has 0 bridgehead atoms. The first-order valence-corrected chi connectivity index (χ1v) is 6.21. The Hall–Kier alpha value is -0.810. The molecule has 18 heavy (non-hydrogen) atoms. The van der Waals surface area contributed by atoms with Crippen LogP contribution in [0, 0.1) is 0 Å². The number of benzene rings is 1. The Labute approximate surface area is 113 Å². The fourth-order valence-electron chi connectivity index (χ4n) is 1.70. The molecule has 0 aliphatic rings. The van der Waals surface area contributed by atoms with Gasteiger partial charge in [0.1, 0.15) is 0 Å². The van der Waals surface area contributed by atoms with Crippen LogP contribution in [0.2, 0.25) is 5.02 Å². The number of halogens is 1. The molecule has 0 amide bonds. The third-order valence-electron chi connectivity index (χ3n) is 2.90. The van der Waals surface area contributed by atoms with E-state index in [2.05, 4.69) is 5.32 Å². The summed E-state index contributed by atoms with van der Waals surface area (Å²) in [5.74, 6) is 0. The highest BCUT2D eigenvalue weighted by molar-refractivity contribution is 6.33. The maximum Gasteiger partial charge on any atom is 0.159 e. The molecule has 0 saturated heterocycles. The molecule has 1 unspecified atom stereocenters. The smallest absolute Gasteiger partial charge is 0.159 e. The van der Waals surface area contributed by atoms with Crippen molar-refractivity contribution in [2.75, 3.05) is 26.1 Å². The number of para-hydroxylation sites is 1. The van der Waals surface area contributed by atoms with E-state index in [1.807, 2.05) is 31.2 Å². The van der Waals surface area contributed by atoms with E-state index >= 15 is 0 Å². The van der Waals surface area contributed by atoms with E-state index in [-0.39, 0.29) is 11.8 Å². The van der Waals surface area contributed by atoms with Crippen LogP contribution >= 0.6 is 11.6 Å². The summed E-state index contributed by atoms with van der Waals surface area (Å²) in [6, 6.07) is 7.57. The van der Waals surface area contributed by atoms with Crippen molar-refractivity contribution in [3.8, 4) is 0 Å². The number of hydrogen-bond donors (Lipinski definition) is 2. The summed E-state index contributed by atoms with van der Waals surface area (Å²) in [5, 5.41) is 4.03. The minimum atomic E-state index is -0.346. The van der Waals surface area contributed by atoms with E-state index in [9.17, 15) is 0 Å². The molecule has 1 aromatic carbocycles. The van der Waals surface area contributed by atoms with Crippen LogP contribution in [-0.4, -0.2) is 32.6 Å². The maximum absolute atomic E-state index is 6.13. The van der Waals surface area contributed by atoms with Crippen LogP contribution in [0.1, 0.15) is 13.3 Å². The first-order valence-electron chi connectivity index (χ1n) is 5.83. The Bertz CT molecular complexity index is 372. The fraction of sp³-hybridized carbons (Fsp3) is 0.538. The Kier molecular flexibility index (Phi) is 5.88. The molecule has 0 spiro atoms. The van der Waals surface area contributed by atoms with Crippen LogP contribution in [0.25, 0.3) is 0 Å². The van der Waals surface area contributed by atoms with Gasteiger partial charge in [0, 0.05) is 27.2 Å². The van der Waals surface area contributed by atoms with Gasteiger partial charge in [-0.15, -0.1) is 0 Å². The Morgan fingerprint density at radius 2 is 1.94 bits per heavy atom. The largest absolute Gasteiger partial charge is 0.377 e. The Morgan fingerprint density at radius 3 is 2.44 bits per heavy atom. The minimum Gasteiger partial charge on any atom is -0.377 e. The lowest BCUT2D eigenvalue weighted by molar-refractivity contribution is -0.113. The van der Waals surface area contributed by atoms with Gasteiger partial charge in [-0.25, -0.2) is 0 Å². The summed E-state index contributed by atoms with van der Waals surface area (Å²) >= 11 is 6.13. The zero-order chi connectivity index (χ0) is 13.6. The number of anilines is 1. The normalized spacial score (nSPS) is 14.6. The SMILES string of the molecule is COC(CC(C)(CN)Nc1ccccc1Cl)OC. The molecule has 0 aliphatic carbocycles. The van der Waals surface area contributed by atoms with Crippen LogP contribution in [-0.2, 0) is 9.47 Å². The number of nitrogens with one attached hydrogen (secondary N) is 1. The van der Waals surface area contributed by atoms with Crippen LogP contribution in [0.15, 0.2) is 24.3 Å². The van der Waals surface area contributed by atoms with Gasteiger partial charge in [-0.05, 0) is 19.1 Å². The van der Waals surface area contributed by atoms with Gasteiger partial charge in [0.2, 0.25) is 0 Å². The first kappa shape index (κ1) is 15.2. The monoisotopic (exact) mass is 272 g/mol. The lowest BCUT2D eigenvalue weighted by atomic mass is 9.97. The van der Waals surface area contributed by atoms with Gasteiger partial charge in [-0.2, -0.15) is 0 Å². The topological polar surface area (TPSA) is 56.5 Å². The highest BCUT2D eigenvalue weighted by Gasteiger charge is 2.27. The molecule has 1 atom stereocenters. The number of rotatable bonds is 7. The number of ether oxygens (including phenoxy) is 2. The molecule has 1 rings (SSSR count). The second-order valence-corrected chi connectivity index (χ2v) is 4.88. The highest BCUT2D eigenvalue weighted by atomic mass is 35.5. The predicted molar refractivity (Wildman–Crippen MR) is 75.0 cm³/mol. The summed E-state index contributed by atoms with van der Waals surface area (Å²) < 4.78 is 10.4. The summed E-state index contributed by atoms with van der Waals surface area (Å²) in [7, 11) is 3.22. The summed E-state index contributed by atoms with van der Waals surface area (Å²) in [5.41, 5.74) is 6.36. The molecule has 0 saturated carbocycles. The Morgan fingerprint density at radius 1 is 1.33 bits per heavy atom. The second-order valence-electron chi connectivity index (χ2n) is 4.47. The fourth-order valence-corrected chi connectivity index (χ4v) is 1.89. The van der Waals surface area contributed by atoms with E-state index in [4.69, 9.17) is 26.8 Å². The van der Waals surface area contributed by atoms with Crippen LogP contribution in [0.3, 0.4) is 0 Å². The van der Waals surface area contributed by atoms with Crippen molar-refractivity contribution in [1.82, 2.24) is 0 Å². The number of methoxy groups -OCH3 is 2. The average molecular weight is 273 g/mol.